The lowest BCUT2D eigenvalue weighted by molar-refractivity contribution is -0.141. The Morgan fingerprint density at radius 3 is 2.00 bits per heavy atom. The predicted molar refractivity (Wildman–Crippen MR) is 91.6 cm³/mol. The number of carbonyl (C=O) groups is 3. The molecule has 1 N–H and O–H groups in total. The van der Waals surface area contributed by atoms with E-state index < -0.39 is 11.9 Å². The van der Waals surface area contributed by atoms with Crippen molar-refractivity contribution in [1.29, 1.82) is 0 Å². The number of carbonyl (C=O) groups excluding carboxylic acids is 2. The number of carboxylic acid groups (broad SMARTS) is 1. The molecule has 2 rings (SSSR count). The summed E-state index contributed by atoms with van der Waals surface area (Å²) in [6.07, 6.45) is 1.29. The SMILES string of the molecule is CC(=O)/C(=C\c1ccccc1)[C@@H](CC(=O)c1ccccc1)C(=O)O. The number of rotatable bonds is 7. The maximum absolute atomic E-state index is 12.3. The van der Waals surface area contributed by atoms with Gasteiger partial charge in [0.25, 0.3) is 0 Å². The minimum Gasteiger partial charge on any atom is -0.481 e. The Kier molecular flexibility index (Phi) is 5.79. The summed E-state index contributed by atoms with van der Waals surface area (Å²) in [7, 11) is 0. The lowest BCUT2D eigenvalue weighted by Gasteiger charge is -2.14. The summed E-state index contributed by atoms with van der Waals surface area (Å²) in [5.41, 5.74) is 1.28. The van der Waals surface area contributed by atoms with Gasteiger partial charge in [0.15, 0.2) is 11.6 Å². The van der Waals surface area contributed by atoms with E-state index in [1.165, 1.54) is 6.92 Å². The Morgan fingerprint density at radius 2 is 1.50 bits per heavy atom. The van der Waals surface area contributed by atoms with Crippen molar-refractivity contribution in [3.05, 3.63) is 77.4 Å². The van der Waals surface area contributed by atoms with Crippen molar-refractivity contribution in [3.8, 4) is 0 Å². The molecule has 2 aromatic carbocycles. The van der Waals surface area contributed by atoms with Crippen LogP contribution in [0.3, 0.4) is 0 Å². The quantitative estimate of drug-likeness (QED) is 0.624. The van der Waals surface area contributed by atoms with Crippen molar-refractivity contribution in [2.45, 2.75) is 13.3 Å². The van der Waals surface area contributed by atoms with Crippen LogP contribution in [0.4, 0.5) is 0 Å². The van der Waals surface area contributed by atoms with E-state index in [9.17, 15) is 19.5 Å². The van der Waals surface area contributed by atoms with Gasteiger partial charge < -0.3 is 5.11 Å². The molecule has 0 amide bonds. The van der Waals surface area contributed by atoms with Crippen LogP contribution < -0.4 is 0 Å². The van der Waals surface area contributed by atoms with E-state index in [2.05, 4.69) is 0 Å². The van der Waals surface area contributed by atoms with Crippen molar-refractivity contribution in [2.24, 2.45) is 5.92 Å². The van der Waals surface area contributed by atoms with Gasteiger partial charge in [-0.3, -0.25) is 14.4 Å². The molecule has 0 aliphatic carbocycles. The fourth-order valence-electron chi connectivity index (χ4n) is 2.43. The molecule has 0 aliphatic heterocycles. The van der Waals surface area contributed by atoms with Gasteiger partial charge in [0.1, 0.15) is 0 Å². The summed E-state index contributed by atoms with van der Waals surface area (Å²) >= 11 is 0. The van der Waals surface area contributed by atoms with Gasteiger partial charge >= 0.3 is 5.97 Å². The number of carboxylic acids is 1. The van der Waals surface area contributed by atoms with Crippen molar-refractivity contribution >= 4 is 23.6 Å². The van der Waals surface area contributed by atoms with E-state index in [1.54, 1.807) is 60.7 Å². The Morgan fingerprint density at radius 1 is 0.958 bits per heavy atom. The summed E-state index contributed by atoms with van der Waals surface area (Å²) in [5.74, 6) is -3.01. The molecule has 0 radical (unpaired) electrons. The molecule has 0 aliphatic rings. The summed E-state index contributed by atoms with van der Waals surface area (Å²) < 4.78 is 0. The molecule has 0 saturated carbocycles. The molecule has 1 atom stereocenters. The summed E-state index contributed by atoms with van der Waals surface area (Å²) in [4.78, 5) is 36.0. The second-order valence-electron chi connectivity index (χ2n) is 5.45. The van der Waals surface area contributed by atoms with Gasteiger partial charge in [-0.1, -0.05) is 60.7 Å². The Labute approximate surface area is 140 Å². The van der Waals surface area contributed by atoms with E-state index in [0.29, 0.717) is 5.56 Å². The topological polar surface area (TPSA) is 71.4 Å². The zero-order valence-electron chi connectivity index (χ0n) is 13.3. The summed E-state index contributed by atoms with van der Waals surface area (Å²) in [6.45, 7) is 1.32. The van der Waals surface area contributed by atoms with Crippen LogP contribution in [-0.4, -0.2) is 22.6 Å². The van der Waals surface area contributed by atoms with Gasteiger partial charge in [0, 0.05) is 17.6 Å². The predicted octanol–water partition coefficient (Wildman–Crippen LogP) is 3.63. The molecule has 4 nitrogen and oxygen atoms in total. The number of benzene rings is 2. The molecular formula is C20H18O4. The molecule has 122 valence electrons. The average Bonchev–Trinajstić information content (AvgIpc) is 2.59. The van der Waals surface area contributed by atoms with Gasteiger partial charge in [0.2, 0.25) is 0 Å². The lowest BCUT2D eigenvalue weighted by atomic mass is 9.88. The molecule has 0 aromatic heterocycles. The molecule has 0 fully saturated rings. The number of hydrogen-bond donors (Lipinski definition) is 1. The first kappa shape index (κ1) is 17.3. The highest BCUT2D eigenvalue weighted by Crippen LogP contribution is 2.22. The first-order valence-electron chi connectivity index (χ1n) is 7.57. The fourth-order valence-corrected chi connectivity index (χ4v) is 2.43. The highest BCUT2D eigenvalue weighted by molar-refractivity contribution is 6.06. The number of Topliss-reactive ketones (excluding diaryl/α,β-unsaturated/α-hetero) is 2. The largest absolute Gasteiger partial charge is 0.481 e. The highest BCUT2D eigenvalue weighted by atomic mass is 16.4. The molecule has 4 heteroatoms. The van der Waals surface area contributed by atoms with E-state index in [-0.39, 0.29) is 23.6 Å². The molecule has 0 unspecified atom stereocenters. The molecule has 0 bridgehead atoms. The van der Waals surface area contributed by atoms with Crippen LogP contribution in [0, 0.1) is 5.92 Å². The average molecular weight is 322 g/mol. The van der Waals surface area contributed by atoms with Crippen LogP contribution >= 0.6 is 0 Å². The van der Waals surface area contributed by atoms with Gasteiger partial charge in [0.05, 0.1) is 5.92 Å². The van der Waals surface area contributed by atoms with Crippen LogP contribution in [0.5, 0.6) is 0 Å². The van der Waals surface area contributed by atoms with Crippen molar-refractivity contribution in [3.63, 3.8) is 0 Å². The van der Waals surface area contributed by atoms with Crippen LogP contribution in [0.25, 0.3) is 6.08 Å². The maximum atomic E-state index is 12.3. The van der Waals surface area contributed by atoms with Crippen molar-refractivity contribution in [1.82, 2.24) is 0 Å². The Balaban J connectivity index is 2.33. The van der Waals surface area contributed by atoms with Crippen molar-refractivity contribution < 1.29 is 19.5 Å². The van der Waals surface area contributed by atoms with E-state index in [1.807, 2.05) is 6.07 Å². The number of hydrogen-bond acceptors (Lipinski definition) is 3. The van der Waals surface area contributed by atoms with Crippen LogP contribution in [0.1, 0.15) is 29.3 Å². The summed E-state index contributed by atoms with van der Waals surface area (Å²) in [6, 6.07) is 17.5. The Bertz CT molecular complexity index is 761. The van der Waals surface area contributed by atoms with Crippen LogP contribution in [0.15, 0.2) is 66.2 Å². The molecule has 0 spiro atoms. The molecule has 2 aromatic rings. The minimum absolute atomic E-state index is 0.123. The van der Waals surface area contributed by atoms with Crippen LogP contribution in [-0.2, 0) is 9.59 Å². The fraction of sp³-hybridized carbons (Fsp3) is 0.150. The molecule has 24 heavy (non-hydrogen) atoms. The third kappa shape index (κ3) is 4.49. The lowest BCUT2D eigenvalue weighted by Crippen LogP contribution is -2.23. The smallest absolute Gasteiger partial charge is 0.311 e. The third-order valence-electron chi connectivity index (χ3n) is 3.69. The first-order chi connectivity index (χ1) is 11.5. The van der Waals surface area contributed by atoms with E-state index in [4.69, 9.17) is 0 Å². The van der Waals surface area contributed by atoms with Gasteiger partial charge in [-0.05, 0) is 18.6 Å². The molecular weight excluding hydrogens is 304 g/mol. The van der Waals surface area contributed by atoms with E-state index in [0.717, 1.165) is 5.56 Å². The zero-order valence-corrected chi connectivity index (χ0v) is 13.3. The minimum atomic E-state index is -1.18. The first-order valence-corrected chi connectivity index (χ1v) is 7.57. The number of ketones is 2. The van der Waals surface area contributed by atoms with Crippen molar-refractivity contribution in [2.75, 3.05) is 0 Å². The monoisotopic (exact) mass is 322 g/mol. The second kappa shape index (κ2) is 8.02. The van der Waals surface area contributed by atoms with Gasteiger partial charge in [-0.15, -0.1) is 0 Å². The van der Waals surface area contributed by atoms with E-state index >= 15 is 0 Å². The zero-order chi connectivity index (χ0) is 17.5. The van der Waals surface area contributed by atoms with Gasteiger partial charge in [-0.25, -0.2) is 0 Å². The highest BCUT2D eigenvalue weighted by Gasteiger charge is 2.28. The maximum Gasteiger partial charge on any atom is 0.311 e. The Hall–Kier alpha value is -3.01. The normalized spacial score (nSPS) is 12.5. The number of aliphatic carboxylic acids is 1. The summed E-state index contributed by atoms with van der Waals surface area (Å²) in [5, 5.41) is 9.52. The van der Waals surface area contributed by atoms with Gasteiger partial charge in [-0.2, -0.15) is 0 Å². The molecule has 0 heterocycles. The third-order valence-corrected chi connectivity index (χ3v) is 3.69. The molecule has 0 saturated heterocycles. The standard InChI is InChI=1S/C20H18O4/c1-14(21)17(12-15-8-4-2-5-9-15)18(20(23)24)13-19(22)16-10-6-3-7-11-16/h2-12,18H,13H2,1H3,(H,23,24)/b17-12+/t18-/m1/s1. The second-order valence-corrected chi connectivity index (χ2v) is 5.45. The van der Waals surface area contributed by atoms with Crippen LogP contribution in [0.2, 0.25) is 0 Å².